The molecule has 1 amide bonds. The van der Waals surface area contributed by atoms with Crippen molar-refractivity contribution in [2.45, 2.75) is 32.9 Å². The summed E-state index contributed by atoms with van der Waals surface area (Å²) < 4.78 is 10.8. The molecular formula is C21H23NO3. The minimum atomic E-state index is 0.0948. The van der Waals surface area contributed by atoms with Gasteiger partial charge in [-0.05, 0) is 31.5 Å². The van der Waals surface area contributed by atoms with Crippen LogP contribution in [0, 0.1) is 0 Å². The predicted molar refractivity (Wildman–Crippen MR) is 98.6 cm³/mol. The highest BCUT2D eigenvalue weighted by molar-refractivity contribution is 5.88. The highest BCUT2D eigenvalue weighted by Crippen LogP contribution is 2.26. The average molecular weight is 337 g/mol. The van der Waals surface area contributed by atoms with E-state index in [1.54, 1.807) is 13.4 Å². The van der Waals surface area contributed by atoms with Crippen molar-refractivity contribution >= 4 is 16.9 Å². The summed E-state index contributed by atoms with van der Waals surface area (Å²) >= 11 is 0. The second-order valence-electron chi connectivity index (χ2n) is 6.40. The molecular weight excluding hydrogens is 314 g/mol. The van der Waals surface area contributed by atoms with Gasteiger partial charge in [-0.1, -0.05) is 30.3 Å². The maximum atomic E-state index is 12.9. The van der Waals surface area contributed by atoms with Crippen molar-refractivity contribution < 1.29 is 13.9 Å². The summed E-state index contributed by atoms with van der Waals surface area (Å²) in [5.74, 6) is 0.838. The topological polar surface area (TPSA) is 42.7 Å². The summed E-state index contributed by atoms with van der Waals surface area (Å²) in [4.78, 5) is 14.8. The quantitative estimate of drug-likeness (QED) is 0.668. The first-order valence-corrected chi connectivity index (χ1v) is 8.46. The highest BCUT2D eigenvalue weighted by atomic mass is 16.5. The minimum Gasteiger partial charge on any atom is -0.497 e. The molecule has 0 atom stereocenters. The molecule has 0 unspecified atom stereocenters. The number of amides is 1. The largest absolute Gasteiger partial charge is 0.497 e. The molecule has 25 heavy (non-hydrogen) atoms. The molecule has 1 aromatic heterocycles. The Labute approximate surface area is 148 Å². The molecule has 4 heteroatoms. The zero-order valence-electron chi connectivity index (χ0n) is 14.9. The molecule has 3 rings (SSSR count). The smallest absolute Gasteiger partial charge is 0.227 e. The Hall–Kier alpha value is -2.75. The van der Waals surface area contributed by atoms with Crippen LogP contribution in [0.5, 0.6) is 5.75 Å². The molecule has 1 heterocycles. The van der Waals surface area contributed by atoms with Crippen LogP contribution in [-0.4, -0.2) is 24.0 Å². The Morgan fingerprint density at radius 2 is 1.92 bits per heavy atom. The second kappa shape index (κ2) is 7.43. The van der Waals surface area contributed by atoms with Crippen LogP contribution in [0.1, 0.15) is 25.0 Å². The monoisotopic (exact) mass is 337 g/mol. The SMILES string of the molecule is COc1ccc2c(CC(=O)N(Cc3ccccc3)C(C)C)coc2c1. The number of ether oxygens (including phenoxy) is 1. The van der Waals surface area contributed by atoms with Crippen molar-refractivity contribution in [1.82, 2.24) is 4.90 Å². The van der Waals surface area contributed by atoms with Crippen LogP contribution in [0.4, 0.5) is 0 Å². The minimum absolute atomic E-state index is 0.0948. The van der Waals surface area contributed by atoms with E-state index >= 15 is 0 Å². The normalized spacial score (nSPS) is 11.0. The van der Waals surface area contributed by atoms with Crippen molar-refractivity contribution in [3.63, 3.8) is 0 Å². The van der Waals surface area contributed by atoms with Gasteiger partial charge in [-0.25, -0.2) is 0 Å². The number of benzene rings is 2. The molecule has 0 fully saturated rings. The Bertz CT molecular complexity index is 852. The molecule has 0 aliphatic rings. The Morgan fingerprint density at radius 1 is 1.16 bits per heavy atom. The molecule has 0 bridgehead atoms. The molecule has 0 saturated carbocycles. The number of methoxy groups -OCH3 is 1. The van der Waals surface area contributed by atoms with Crippen LogP contribution < -0.4 is 4.74 Å². The fraction of sp³-hybridized carbons (Fsp3) is 0.286. The average Bonchev–Trinajstić information content (AvgIpc) is 3.02. The molecule has 4 nitrogen and oxygen atoms in total. The third-order valence-corrected chi connectivity index (χ3v) is 4.34. The molecule has 0 aliphatic carbocycles. The fourth-order valence-electron chi connectivity index (χ4n) is 2.93. The Kier molecular flexibility index (Phi) is 5.08. The lowest BCUT2D eigenvalue weighted by molar-refractivity contribution is -0.132. The summed E-state index contributed by atoms with van der Waals surface area (Å²) in [5.41, 5.74) is 2.77. The number of furan rings is 1. The van der Waals surface area contributed by atoms with Crippen molar-refractivity contribution in [1.29, 1.82) is 0 Å². The van der Waals surface area contributed by atoms with E-state index in [2.05, 4.69) is 0 Å². The third kappa shape index (κ3) is 3.85. The van der Waals surface area contributed by atoms with Gasteiger partial charge < -0.3 is 14.1 Å². The van der Waals surface area contributed by atoms with E-state index in [1.807, 2.05) is 67.3 Å². The van der Waals surface area contributed by atoms with Gasteiger partial charge in [0.15, 0.2) is 0 Å². The Morgan fingerprint density at radius 3 is 2.60 bits per heavy atom. The summed E-state index contributed by atoms with van der Waals surface area (Å²) in [5, 5.41) is 0.956. The first kappa shape index (κ1) is 17.1. The maximum Gasteiger partial charge on any atom is 0.227 e. The van der Waals surface area contributed by atoms with Crippen molar-refractivity contribution in [3.8, 4) is 5.75 Å². The second-order valence-corrected chi connectivity index (χ2v) is 6.40. The van der Waals surface area contributed by atoms with Gasteiger partial charge in [0.1, 0.15) is 11.3 Å². The number of rotatable bonds is 6. The molecule has 0 spiro atoms. The van der Waals surface area contributed by atoms with Crippen molar-refractivity contribution in [3.05, 3.63) is 65.9 Å². The van der Waals surface area contributed by atoms with Gasteiger partial charge in [-0.2, -0.15) is 0 Å². The van der Waals surface area contributed by atoms with Crippen molar-refractivity contribution in [2.24, 2.45) is 0 Å². The van der Waals surface area contributed by atoms with Gasteiger partial charge in [0.05, 0.1) is 19.8 Å². The lowest BCUT2D eigenvalue weighted by atomic mass is 10.1. The molecule has 0 saturated heterocycles. The number of carbonyl (C=O) groups is 1. The van der Waals surface area contributed by atoms with E-state index in [0.29, 0.717) is 13.0 Å². The van der Waals surface area contributed by atoms with Gasteiger partial charge in [-0.3, -0.25) is 4.79 Å². The lowest BCUT2D eigenvalue weighted by Gasteiger charge is -2.27. The fourth-order valence-corrected chi connectivity index (χ4v) is 2.93. The van der Waals surface area contributed by atoms with Crippen LogP contribution in [0.25, 0.3) is 11.0 Å². The van der Waals surface area contributed by atoms with Crippen LogP contribution in [-0.2, 0) is 17.8 Å². The van der Waals surface area contributed by atoms with Gasteiger partial charge in [0.2, 0.25) is 5.91 Å². The molecule has 2 aromatic carbocycles. The first-order valence-electron chi connectivity index (χ1n) is 8.46. The van der Waals surface area contributed by atoms with Crippen LogP contribution in [0.2, 0.25) is 0 Å². The molecule has 0 N–H and O–H groups in total. The number of carbonyl (C=O) groups excluding carboxylic acids is 1. The predicted octanol–water partition coefficient (Wildman–Crippen LogP) is 4.42. The van der Waals surface area contributed by atoms with E-state index in [4.69, 9.17) is 9.15 Å². The zero-order chi connectivity index (χ0) is 17.8. The van der Waals surface area contributed by atoms with E-state index in [1.165, 1.54) is 0 Å². The van der Waals surface area contributed by atoms with E-state index in [9.17, 15) is 4.79 Å². The van der Waals surface area contributed by atoms with Crippen LogP contribution >= 0.6 is 0 Å². The summed E-state index contributed by atoms with van der Waals surface area (Å²) in [7, 11) is 1.62. The van der Waals surface area contributed by atoms with Gasteiger partial charge in [0, 0.05) is 29.6 Å². The summed E-state index contributed by atoms with van der Waals surface area (Å²) in [6.07, 6.45) is 1.99. The molecule has 130 valence electrons. The third-order valence-electron chi connectivity index (χ3n) is 4.34. The van der Waals surface area contributed by atoms with Gasteiger partial charge >= 0.3 is 0 Å². The Balaban J connectivity index is 1.79. The lowest BCUT2D eigenvalue weighted by Crippen LogP contribution is -2.37. The van der Waals surface area contributed by atoms with Gasteiger partial charge in [-0.15, -0.1) is 0 Å². The number of hydrogen-bond acceptors (Lipinski definition) is 3. The van der Waals surface area contributed by atoms with E-state index in [-0.39, 0.29) is 11.9 Å². The summed E-state index contributed by atoms with van der Waals surface area (Å²) in [6, 6.07) is 15.9. The highest BCUT2D eigenvalue weighted by Gasteiger charge is 2.19. The van der Waals surface area contributed by atoms with Crippen molar-refractivity contribution in [2.75, 3.05) is 7.11 Å². The zero-order valence-corrected chi connectivity index (χ0v) is 14.9. The summed E-state index contributed by atoms with van der Waals surface area (Å²) in [6.45, 7) is 4.69. The standard InChI is InChI=1S/C21H23NO3/c1-15(2)22(13-16-7-5-4-6-8-16)21(23)11-17-14-25-20-12-18(24-3)9-10-19(17)20/h4-10,12,14-15H,11,13H2,1-3H3. The van der Waals surface area contributed by atoms with E-state index < -0.39 is 0 Å². The van der Waals surface area contributed by atoms with E-state index in [0.717, 1.165) is 27.8 Å². The van der Waals surface area contributed by atoms with Crippen LogP contribution in [0.15, 0.2) is 59.2 Å². The molecule has 3 aromatic rings. The molecule has 0 aliphatic heterocycles. The van der Waals surface area contributed by atoms with Gasteiger partial charge in [0.25, 0.3) is 0 Å². The molecule has 0 radical (unpaired) electrons. The van der Waals surface area contributed by atoms with Crippen LogP contribution in [0.3, 0.4) is 0 Å². The number of fused-ring (bicyclic) bond motifs is 1. The maximum absolute atomic E-state index is 12.9. The number of nitrogens with zero attached hydrogens (tertiary/aromatic N) is 1. The first-order chi connectivity index (χ1) is 12.1. The number of hydrogen-bond donors (Lipinski definition) is 0.